The van der Waals surface area contributed by atoms with E-state index in [0.717, 1.165) is 25.7 Å². The van der Waals surface area contributed by atoms with E-state index in [1.165, 1.54) is 0 Å². The van der Waals surface area contributed by atoms with Crippen molar-refractivity contribution in [2.75, 3.05) is 13.1 Å². The molecule has 0 aromatic heterocycles. The minimum absolute atomic E-state index is 0.00347. The van der Waals surface area contributed by atoms with Crippen molar-refractivity contribution in [1.82, 2.24) is 10.2 Å². The van der Waals surface area contributed by atoms with Gasteiger partial charge in [0, 0.05) is 6.54 Å². The zero-order valence-electron chi connectivity index (χ0n) is 13.6. The zero-order chi connectivity index (χ0) is 16.0. The summed E-state index contributed by atoms with van der Waals surface area (Å²) in [6.07, 6.45) is 3.44. The molecular weight excluding hydrogens is 270 g/mol. The monoisotopic (exact) mass is 299 g/mol. The number of nitrogens with zero attached hydrogens (tertiary/aromatic N) is 1. The summed E-state index contributed by atoms with van der Waals surface area (Å²) in [7, 11) is 0. The highest BCUT2D eigenvalue weighted by Gasteiger charge is 2.33. The molecule has 1 fully saturated rings. The minimum Gasteiger partial charge on any atom is -0.444 e. The van der Waals surface area contributed by atoms with Gasteiger partial charge in [-0.15, -0.1) is 0 Å². The van der Waals surface area contributed by atoms with Crippen LogP contribution in [0.2, 0.25) is 0 Å². The summed E-state index contributed by atoms with van der Waals surface area (Å²) >= 11 is 0. The Labute approximate surface area is 127 Å². The van der Waals surface area contributed by atoms with Crippen LogP contribution in [0.4, 0.5) is 4.79 Å². The number of carbonyl (C=O) groups excluding carboxylic acids is 2. The van der Waals surface area contributed by atoms with E-state index in [1.54, 1.807) is 4.90 Å². The van der Waals surface area contributed by atoms with Crippen LogP contribution in [0.25, 0.3) is 0 Å². The average Bonchev–Trinajstić information content (AvgIpc) is 2.39. The lowest BCUT2D eigenvalue weighted by atomic mass is 9.89. The molecule has 0 bridgehead atoms. The fraction of sp³-hybridized carbons (Fsp3) is 0.867. The highest BCUT2D eigenvalue weighted by atomic mass is 16.6. The Bertz CT molecular complexity index is 366. The standard InChI is InChI=1S/C15H29N3O3/c1-5-18(13(19)10-16)12-9-7-6-8-11(12)17-14(20)21-15(2,3)4/h11-12H,5-10,16H2,1-4H3,(H,17,20)/t11-,12+/m1/s1. The first-order valence-electron chi connectivity index (χ1n) is 7.77. The van der Waals surface area contributed by atoms with Crippen molar-refractivity contribution in [3.05, 3.63) is 0 Å². The highest BCUT2D eigenvalue weighted by molar-refractivity contribution is 5.78. The van der Waals surface area contributed by atoms with Crippen LogP contribution < -0.4 is 11.1 Å². The molecule has 1 aliphatic rings. The maximum atomic E-state index is 12.0. The van der Waals surface area contributed by atoms with E-state index in [1.807, 2.05) is 27.7 Å². The number of hydrogen-bond acceptors (Lipinski definition) is 4. The number of rotatable bonds is 4. The van der Waals surface area contributed by atoms with Crippen molar-refractivity contribution in [2.45, 2.75) is 71.1 Å². The van der Waals surface area contributed by atoms with Gasteiger partial charge in [0.1, 0.15) is 5.60 Å². The van der Waals surface area contributed by atoms with Gasteiger partial charge < -0.3 is 20.7 Å². The maximum absolute atomic E-state index is 12.0. The van der Waals surface area contributed by atoms with E-state index >= 15 is 0 Å². The number of hydrogen-bond donors (Lipinski definition) is 2. The molecule has 2 amide bonds. The summed E-state index contributed by atoms with van der Waals surface area (Å²) in [5, 5.41) is 2.92. The lowest BCUT2D eigenvalue weighted by molar-refractivity contribution is -0.133. The first-order chi connectivity index (χ1) is 9.78. The van der Waals surface area contributed by atoms with Crippen LogP contribution in [0.1, 0.15) is 53.4 Å². The lowest BCUT2D eigenvalue weighted by Gasteiger charge is -2.39. The van der Waals surface area contributed by atoms with E-state index < -0.39 is 11.7 Å². The fourth-order valence-corrected chi connectivity index (χ4v) is 2.82. The van der Waals surface area contributed by atoms with Gasteiger partial charge in [-0.05, 0) is 40.5 Å². The van der Waals surface area contributed by atoms with E-state index in [-0.39, 0.29) is 24.5 Å². The van der Waals surface area contributed by atoms with Gasteiger partial charge in [0.25, 0.3) is 0 Å². The normalized spacial score (nSPS) is 22.5. The van der Waals surface area contributed by atoms with E-state index in [0.29, 0.717) is 6.54 Å². The number of carbonyl (C=O) groups is 2. The molecule has 2 atom stereocenters. The van der Waals surface area contributed by atoms with Gasteiger partial charge in [0.2, 0.25) is 5.91 Å². The zero-order valence-corrected chi connectivity index (χ0v) is 13.6. The second-order valence-electron chi connectivity index (χ2n) is 6.49. The Kier molecular flexibility index (Phi) is 6.45. The third-order valence-electron chi connectivity index (χ3n) is 3.67. The minimum atomic E-state index is -0.522. The molecule has 0 aliphatic heterocycles. The molecule has 0 aromatic rings. The van der Waals surface area contributed by atoms with Gasteiger partial charge in [-0.25, -0.2) is 4.79 Å². The predicted molar refractivity (Wildman–Crippen MR) is 81.9 cm³/mol. The van der Waals surface area contributed by atoms with Crippen LogP contribution in [-0.4, -0.2) is 47.7 Å². The molecule has 0 unspecified atom stereocenters. The second-order valence-corrected chi connectivity index (χ2v) is 6.49. The SMILES string of the molecule is CCN(C(=O)CN)[C@H]1CCCC[C@H]1NC(=O)OC(C)(C)C. The van der Waals surface area contributed by atoms with Crippen LogP contribution in [0.3, 0.4) is 0 Å². The molecule has 122 valence electrons. The fourth-order valence-electron chi connectivity index (χ4n) is 2.82. The third-order valence-corrected chi connectivity index (χ3v) is 3.67. The van der Waals surface area contributed by atoms with Crippen molar-refractivity contribution >= 4 is 12.0 Å². The lowest BCUT2D eigenvalue weighted by Crippen LogP contribution is -2.56. The summed E-state index contributed by atoms with van der Waals surface area (Å²) in [5.74, 6) is -0.0691. The molecule has 1 saturated carbocycles. The van der Waals surface area contributed by atoms with E-state index in [9.17, 15) is 9.59 Å². The Balaban J connectivity index is 2.72. The van der Waals surface area contributed by atoms with Gasteiger partial charge >= 0.3 is 6.09 Å². The molecule has 6 heteroatoms. The largest absolute Gasteiger partial charge is 0.444 e. The van der Waals surface area contributed by atoms with Crippen LogP contribution in [0.15, 0.2) is 0 Å². The predicted octanol–water partition coefficient (Wildman–Crippen LogP) is 1.63. The highest BCUT2D eigenvalue weighted by Crippen LogP contribution is 2.24. The Morgan fingerprint density at radius 1 is 1.29 bits per heavy atom. The summed E-state index contributed by atoms with van der Waals surface area (Å²) in [6, 6.07) is -0.0589. The molecule has 0 heterocycles. The van der Waals surface area contributed by atoms with Crippen molar-refractivity contribution in [3.63, 3.8) is 0 Å². The Hall–Kier alpha value is -1.30. The summed E-state index contributed by atoms with van der Waals surface area (Å²) in [6.45, 7) is 8.05. The maximum Gasteiger partial charge on any atom is 0.407 e. The van der Waals surface area contributed by atoms with Gasteiger partial charge in [0.05, 0.1) is 18.6 Å². The number of alkyl carbamates (subject to hydrolysis) is 1. The van der Waals surface area contributed by atoms with Gasteiger partial charge in [0.15, 0.2) is 0 Å². The summed E-state index contributed by atoms with van der Waals surface area (Å²) in [5.41, 5.74) is 4.96. The molecule has 1 rings (SSSR count). The van der Waals surface area contributed by atoms with Crippen LogP contribution >= 0.6 is 0 Å². The van der Waals surface area contributed by atoms with Crippen molar-refractivity contribution < 1.29 is 14.3 Å². The summed E-state index contributed by atoms with van der Waals surface area (Å²) < 4.78 is 5.31. The van der Waals surface area contributed by atoms with Gasteiger partial charge in [-0.2, -0.15) is 0 Å². The molecule has 3 N–H and O–H groups in total. The number of amides is 2. The molecule has 21 heavy (non-hydrogen) atoms. The Morgan fingerprint density at radius 2 is 1.90 bits per heavy atom. The molecule has 1 aliphatic carbocycles. The number of ether oxygens (including phenoxy) is 1. The van der Waals surface area contributed by atoms with Crippen molar-refractivity contribution in [1.29, 1.82) is 0 Å². The van der Waals surface area contributed by atoms with Gasteiger partial charge in [-0.1, -0.05) is 12.8 Å². The van der Waals surface area contributed by atoms with Crippen molar-refractivity contribution in [3.8, 4) is 0 Å². The van der Waals surface area contributed by atoms with E-state index in [4.69, 9.17) is 10.5 Å². The van der Waals surface area contributed by atoms with E-state index in [2.05, 4.69) is 5.32 Å². The van der Waals surface area contributed by atoms with Crippen molar-refractivity contribution in [2.24, 2.45) is 5.73 Å². The first kappa shape index (κ1) is 17.8. The molecule has 6 nitrogen and oxygen atoms in total. The number of nitrogens with one attached hydrogen (secondary N) is 1. The second kappa shape index (κ2) is 7.64. The van der Waals surface area contributed by atoms with Crippen LogP contribution in [0, 0.1) is 0 Å². The molecular formula is C15H29N3O3. The van der Waals surface area contributed by atoms with Crippen LogP contribution in [-0.2, 0) is 9.53 Å². The van der Waals surface area contributed by atoms with Gasteiger partial charge in [-0.3, -0.25) is 4.79 Å². The molecule has 0 saturated heterocycles. The quantitative estimate of drug-likeness (QED) is 0.826. The smallest absolute Gasteiger partial charge is 0.407 e. The summed E-state index contributed by atoms with van der Waals surface area (Å²) in [4.78, 5) is 25.7. The number of nitrogens with two attached hydrogens (primary N) is 1. The van der Waals surface area contributed by atoms with Crippen LogP contribution in [0.5, 0.6) is 0 Å². The third kappa shape index (κ3) is 5.53. The molecule has 0 radical (unpaired) electrons. The number of likely N-dealkylation sites (N-methyl/N-ethyl adjacent to an activating group) is 1. The topological polar surface area (TPSA) is 84.7 Å². The molecule has 0 spiro atoms. The average molecular weight is 299 g/mol. The Morgan fingerprint density at radius 3 is 2.43 bits per heavy atom. The molecule has 0 aromatic carbocycles. The first-order valence-corrected chi connectivity index (χ1v) is 7.77.